The highest BCUT2D eigenvalue weighted by Crippen LogP contribution is 2.44. The zero-order valence-electron chi connectivity index (χ0n) is 29.2. The zero-order valence-corrected chi connectivity index (χ0v) is 30.0. The van der Waals surface area contributed by atoms with Crippen LogP contribution in [0.15, 0.2) is 70.7 Å². The Morgan fingerprint density at radius 2 is 1.78 bits per heavy atom. The van der Waals surface area contributed by atoms with Gasteiger partial charge in [-0.25, -0.2) is 4.79 Å². The van der Waals surface area contributed by atoms with Crippen molar-refractivity contribution in [2.75, 3.05) is 23.5 Å². The Balaban J connectivity index is 1.59. The van der Waals surface area contributed by atoms with Gasteiger partial charge in [0.2, 0.25) is 17.7 Å². The van der Waals surface area contributed by atoms with Gasteiger partial charge in [-0.1, -0.05) is 55.5 Å². The van der Waals surface area contributed by atoms with E-state index >= 15 is 0 Å². The minimum atomic E-state index is -0.959. The highest BCUT2D eigenvalue weighted by molar-refractivity contribution is 8.00. The molecule has 0 radical (unpaired) electrons. The first-order chi connectivity index (χ1) is 24.0. The molecule has 3 amide bonds. The third-order valence-corrected chi connectivity index (χ3v) is 10.2. The largest absolute Gasteiger partial charge is 0.505 e. The van der Waals surface area contributed by atoms with Gasteiger partial charge in [0, 0.05) is 35.5 Å². The molecule has 11 nitrogen and oxygen atoms in total. The summed E-state index contributed by atoms with van der Waals surface area (Å²) in [7, 11) is 1.50. The maximum Gasteiger partial charge on any atom is 0.328 e. The Hall–Kier alpha value is -4.13. The van der Waals surface area contributed by atoms with Gasteiger partial charge in [0.15, 0.2) is 0 Å². The van der Waals surface area contributed by atoms with E-state index in [1.54, 1.807) is 50.3 Å². The number of benzene rings is 1. The van der Waals surface area contributed by atoms with E-state index < -0.39 is 36.2 Å². The monoisotopic (exact) mass is 707 g/mol. The van der Waals surface area contributed by atoms with E-state index in [-0.39, 0.29) is 41.3 Å². The second-order valence-corrected chi connectivity index (χ2v) is 13.8. The second kappa shape index (κ2) is 18.7. The van der Waals surface area contributed by atoms with Crippen LogP contribution in [0.5, 0.6) is 5.75 Å². The van der Waals surface area contributed by atoms with Gasteiger partial charge in [-0.3, -0.25) is 14.4 Å². The fourth-order valence-electron chi connectivity index (χ4n) is 6.04. The molecule has 1 aromatic carbocycles. The van der Waals surface area contributed by atoms with Crippen LogP contribution in [0.1, 0.15) is 71.3 Å². The van der Waals surface area contributed by atoms with E-state index in [0.717, 1.165) is 24.2 Å². The van der Waals surface area contributed by atoms with Crippen LogP contribution in [0.4, 0.5) is 11.4 Å². The average molecular weight is 708 g/mol. The van der Waals surface area contributed by atoms with Crippen molar-refractivity contribution in [1.82, 2.24) is 5.32 Å². The first-order valence-electron chi connectivity index (χ1n) is 17.2. The predicted molar refractivity (Wildman–Crippen MR) is 195 cm³/mol. The number of aromatic hydroxyl groups is 1. The number of methoxy groups -OCH3 is 1. The van der Waals surface area contributed by atoms with Crippen LogP contribution < -0.4 is 16.0 Å². The van der Waals surface area contributed by atoms with Crippen molar-refractivity contribution in [3.8, 4) is 5.75 Å². The molecular formula is C38H49N3O8S. The maximum absolute atomic E-state index is 13.2. The number of aliphatic hydroxyl groups excluding tert-OH is 1. The van der Waals surface area contributed by atoms with Gasteiger partial charge in [0.05, 0.1) is 35.8 Å². The normalized spacial score (nSPS) is 27.3. The van der Waals surface area contributed by atoms with Crippen LogP contribution in [-0.4, -0.2) is 71.1 Å². The van der Waals surface area contributed by atoms with Gasteiger partial charge >= 0.3 is 5.97 Å². The van der Waals surface area contributed by atoms with Crippen LogP contribution in [0.25, 0.3) is 0 Å². The number of phenols is 1. The van der Waals surface area contributed by atoms with E-state index in [9.17, 15) is 29.4 Å². The molecule has 0 saturated heterocycles. The number of carbonyl (C=O) groups excluding carboxylic acids is 4. The number of fused-ring (bicyclic) bond motifs is 4. The SMILES string of the molecule is CO[C@H]1/C=C/C=C/C=C/C[C@H](OC(=O)[C@@H](C)NC(=O)C2=CCCCC2)[C@H](C)[C@@H](O)/C(C)=C\CCc2c(O)c(cc3c2SCC(=O)N3)NC(=O)C1. The molecule has 2 heterocycles. The Kier molecular flexibility index (Phi) is 14.5. The molecule has 1 aliphatic carbocycles. The van der Waals surface area contributed by atoms with E-state index in [0.29, 0.717) is 48.1 Å². The van der Waals surface area contributed by atoms with E-state index in [4.69, 9.17) is 9.47 Å². The van der Waals surface area contributed by atoms with Gasteiger partial charge in [-0.05, 0) is 64.0 Å². The lowest BCUT2D eigenvalue weighted by atomic mass is 9.90. The molecule has 5 N–H and O–H groups in total. The summed E-state index contributed by atoms with van der Waals surface area (Å²) in [6.45, 7) is 5.21. The lowest BCUT2D eigenvalue weighted by molar-refractivity contribution is -0.156. The summed E-state index contributed by atoms with van der Waals surface area (Å²) in [5.41, 5.74) is 2.61. The molecule has 0 aromatic heterocycles. The van der Waals surface area contributed by atoms with Gasteiger partial charge in [0.1, 0.15) is 17.9 Å². The number of allylic oxidation sites excluding steroid dienone is 6. The summed E-state index contributed by atoms with van der Waals surface area (Å²) >= 11 is 1.32. The molecule has 0 spiro atoms. The maximum atomic E-state index is 13.2. The van der Waals surface area contributed by atoms with Crippen molar-refractivity contribution in [3.63, 3.8) is 0 Å². The average Bonchev–Trinajstić information content (AvgIpc) is 3.10. The molecule has 1 aromatic rings. The summed E-state index contributed by atoms with van der Waals surface area (Å²) in [4.78, 5) is 51.9. The fraction of sp³-hybridized carbons (Fsp3) is 0.474. The Bertz CT molecular complexity index is 1580. The molecule has 12 heteroatoms. The number of esters is 1. The van der Waals surface area contributed by atoms with E-state index in [1.807, 2.05) is 25.2 Å². The number of thioether (sulfide) groups is 1. The molecule has 4 rings (SSSR count). The van der Waals surface area contributed by atoms with Crippen molar-refractivity contribution in [2.24, 2.45) is 5.92 Å². The van der Waals surface area contributed by atoms with Gasteiger partial charge < -0.3 is 35.6 Å². The van der Waals surface area contributed by atoms with Crippen LogP contribution in [0.3, 0.4) is 0 Å². The highest BCUT2D eigenvalue weighted by Gasteiger charge is 2.31. The summed E-state index contributed by atoms with van der Waals surface area (Å²) < 4.78 is 11.4. The number of amides is 3. The molecule has 2 bridgehead atoms. The molecule has 270 valence electrons. The van der Waals surface area contributed by atoms with Crippen molar-refractivity contribution >= 4 is 46.8 Å². The summed E-state index contributed by atoms with van der Waals surface area (Å²) in [6, 6.07) is 0.684. The third kappa shape index (κ3) is 10.7. The number of ether oxygens (including phenoxy) is 2. The number of hydrogen-bond donors (Lipinski definition) is 5. The van der Waals surface area contributed by atoms with Gasteiger partial charge in [-0.2, -0.15) is 0 Å². The first-order valence-corrected chi connectivity index (χ1v) is 18.2. The second-order valence-electron chi connectivity index (χ2n) is 12.9. The predicted octanol–water partition coefficient (Wildman–Crippen LogP) is 5.65. The number of carbonyl (C=O) groups is 4. The Morgan fingerprint density at radius 1 is 1.02 bits per heavy atom. The quantitative estimate of drug-likeness (QED) is 0.113. The number of phenolic OH excluding ortho intramolecular Hbond substituents is 1. The molecule has 0 unspecified atom stereocenters. The lowest BCUT2D eigenvalue weighted by Gasteiger charge is -2.29. The molecule has 50 heavy (non-hydrogen) atoms. The molecule has 5 atom stereocenters. The molecule has 3 aliphatic rings. The minimum Gasteiger partial charge on any atom is -0.505 e. The first kappa shape index (κ1) is 38.7. The smallest absolute Gasteiger partial charge is 0.328 e. The molecular weight excluding hydrogens is 658 g/mol. The molecule has 2 aliphatic heterocycles. The van der Waals surface area contributed by atoms with Crippen LogP contribution in [0, 0.1) is 5.92 Å². The van der Waals surface area contributed by atoms with Crippen molar-refractivity contribution < 1.29 is 38.9 Å². The summed E-state index contributed by atoms with van der Waals surface area (Å²) in [6.07, 6.45) is 16.9. The highest BCUT2D eigenvalue weighted by atomic mass is 32.2. The standard InChI is InChI=1S/C38H49N3O8S/c1-23-14-13-18-28-35(45)29(21-30-36(28)50-22-33(43)41-30)40-32(42)20-27(48-4)17-11-6-5-7-12-19-31(24(2)34(23)44)49-38(47)25(3)39-37(46)26-15-9-8-10-16-26/h5-7,11-12,14-15,17,21,24-25,27,31,34,44-45H,8-10,13,16,18-20,22H2,1-4H3,(H,39,46)(H,40,42)(H,41,43)/b6-5+,12-7+,17-11+,23-14-/t24-,25+,27-,31-,34-/m0/s1. The molecule has 0 saturated carbocycles. The van der Waals surface area contributed by atoms with E-state index in [2.05, 4.69) is 16.0 Å². The number of hydrogen-bond acceptors (Lipinski definition) is 9. The zero-order chi connectivity index (χ0) is 36.2. The van der Waals surface area contributed by atoms with Gasteiger partial charge in [0.25, 0.3) is 0 Å². The van der Waals surface area contributed by atoms with Crippen LogP contribution in [0.2, 0.25) is 0 Å². The number of anilines is 2. The number of rotatable bonds is 5. The van der Waals surface area contributed by atoms with Gasteiger partial charge in [-0.15, -0.1) is 11.8 Å². The van der Waals surface area contributed by atoms with Crippen LogP contribution in [-0.2, 0) is 35.1 Å². The topological polar surface area (TPSA) is 163 Å². The fourth-order valence-corrected chi connectivity index (χ4v) is 7.02. The number of nitrogens with one attached hydrogen (secondary N) is 3. The van der Waals surface area contributed by atoms with Crippen molar-refractivity contribution in [2.45, 2.75) is 101 Å². The van der Waals surface area contributed by atoms with E-state index in [1.165, 1.54) is 18.9 Å². The Morgan fingerprint density at radius 3 is 2.52 bits per heavy atom. The van der Waals surface area contributed by atoms with Crippen LogP contribution >= 0.6 is 11.8 Å². The summed E-state index contributed by atoms with van der Waals surface area (Å²) in [5.74, 6) is -1.80. The van der Waals surface area contributed by atoms with Crippen molar-refractivity contribution in [3.05, 3.63) is 71.4 Å². The third-order valence-electron chi connectivity index (χ3n) is 9.06. The number of aliphatic hydroxyl groups is 1. The minimum absolute atomic E-state index is 0.00905. The molecule has 0 fully saturated rings. The van der Waals surface area contributed by atoms with Crippen molar-refractivity contribution in [1.29, 1.82) is 0 Å². The summed E-state index contributed by atoms with van der Waals surface area (Å²) in [5, 5.41) is 31.1. The lowest BCUT2D eigenvalue weighted by Crippen LogP contribution is -2.43. The Labute approximate surface area is 298 Å².